The zero-order valence-corrected chi connectivity index (χ0v) is 13.9. The van der Waals surface area contributed by atoms with E-state index in [0.29, 0.717) is 24.6 Å². The highest BCUT2D eigenvalue weighted by molar-refractivity contribution is 7.89. The summed E-state index contributed by atoms with van der Waals surface area (Å²) in [6.45, 7) is 1.20. The zero-order chi connectivity index (χ0) is 17.0. The molecule has 1 saturated heterocycles. The molecule has 23 heavy (non-hydrogen) atoms. The van der Waals surface area contributed by atoms with Crippen LogP contribution >= 0.6 is 0 Å². The number of carboxylic acids is 1. The van der Waals surface area contributed by atoms with E-state index in [4.69, 9.17) is 14.6 Å². The highest BCUT2D eigenvalue weighted by atomic mass is 32.2. The van der Waals surface area contributed by atoms with Crippen LogP contribution in [0.25, 0.3) is 0 Å². The van der Waals surface area contributed by atoms with Gasteiger partial charge in [-0.1, -0.05) is 0 Å². The van der Waals surface area contributed by atoms with Crippen molar-refractivity contribution in [3.8, 4) is 11.5 Å². The highest BCUT2D eigenvalue weighted by Crippen LogP contribution is 2.30. The van der Waals surface area contributed by atoms with E-state index in [-0.39, 0.29) is 24.5 Å². The lowest BCUT2D eigenvalue weighted by atomic mass is 10.3. The molecule has 1 N–H and O–H groups in total. The van der Waals surface area contributed by atoms with Gasteiger partial charge in [-0.2, -0.15) is 4.31 Å². The number of methoxy groups -OCH3 is 2. The van der Waals surface area contributed by atoms with Crippen LogP contribution in [0.4, 0.5) is 0 Å². The fraction of sp³-hybridized carbons (Fsp3) is 0.500. The molecular formula is C14H20N2O6S. The number of carboxylic acid groups (broad SMARTS) is 1. The van der Waals surface area contributed by atoms with Crippen molar-refractivity contribution in [1.29, 1.82) is 0 Å². The molecule has 0 bridgehead atoms. The van der Waals surface area contributed by atoms with E-state index >= 15 is 0 Å². The molecule has 0 atom stereocenters. The third-order valence-electron chi connectivity index (χ3n) is 3.68. The van der Waals surface area contributed by atoms with Crippen LogP contribution < -0.4 is 9.47 Å². The lowest BCUT2D eigenvalue weighted by Gasteiger charge is -2.33. The minimum Gasteiger partial charge on any atom is -0.493 e. The SMILES string of the molecule is COc1ccc(S(=O)(=O)N2CCN(CC(=O)O)CC2)cc1OC. The van der Waals surface area contributed by atoms with Gasteiger partial charge in [0.1, 0.15) is 0 Å². The molecule has 128 valence electrons. The van der Waals surface area contributed by atoms with E-state index in [1.54, 1.807) is 11.0 Å². The first-order valence-electron chi connectivity index (χ1n) is 7.05. The highest BCUT2D eigenvalue weighted by Gasteiger charge is 2.29. The fourth-order valence-electron chi connectivity index (χ4n) is 2.45. The molecule has 0 aromatic heterocycles. The number of nitrogens with zero attached hydrogens (tertiary/aromatic N) is 2. The van der Waals surface area contributed by atoms with E-state index in [0.717, 1.165) is 0 Å². The molecule has 2 rings (SSSR count). The minimum atomic E-state index is -3.65. The molecule has 8 nitrogen and oxygen atoms in total. The van der Waals surface area contributed by atoms with Crippen molar-refractivity contribution < 1.29 is 27.8 Å². The standard InChI is InChI=1S/C14H20N2O6S/c1-21-12-4-3-11(9-13(12)22-2)23(19,20)16-7-5-15(6-8-16)10-14(17)18/h3-4,9H,5-8,10H2,1-2H3,(H,17,18). The van der Waals surface area contributed by atoms with Crippen molar-refractivity contribution >= 4 is 16.0 Å². The molecule has 1 aliphatic rings. The van der Waals surface area contributed by atoms with Crippen molar-refractivity contribution in [2.45, 2.75) is 4.90 Å². The molecule has 0 radical (unpaired) electrons. The quantitative estimate of drug-likeness (QED) is 0.781. The van der Waals surface area contributed by atoms with Gasteiger partial charge in [0.05, 0.1) is 25.7 Å². The average molecular weight is 344 g/mol. The normalized spacial score (nSPS) is 17.0. The number of carbonyl (C=O) groups is 1. The van der Waals surface area contributed by atoms with Crippen LogP contribution in [0.15, 0.2) is 23.1 Å². The second-order valence-corrected chi connectivity index (χ2v) is 7.03. The van der Waals surface area contributed by atoms with Crippen molar-refractivity contribution in [3.05, 3.63) is 18.2 Å². The van der Waals surface area contributed by atoms with Crippen LogP contribution in [-0.4, -0.2) is 75.6 Å². The van der Waals surface area contributed by atoms with E-state index in [1.165, 1.54) is 30.7 Å². The summed E-state index contributed by atoms with van der Waals surface area (Å²) in [6, 6.07) is 4.45. The predicted molar refractivity (Wildman–Crippen MR) is 82.4 cm³/mol. The Morgan fingerprint density at radius 1 is 1.13 bits per heavy atom. The molecule has 1 heterocycles. The number of piperazine rings is 1. The Kier molecular flexibility index (Phi) is 5.45. The van der Waals surface area contributed by atoms with Gasteiger partial charge in [-0.3, -0.25) is 9.69 Å². The Morgan fingerprint density at radius 2 is 1.74 bits per heavy atom. The summed E-state index contributed by atoms with van der Waals surface area (Å²) < 4.78 is 37.0. The molecule has 0 unspecified atom stereocenters. The molecule has 1 aromatic carbocycles. The van der Waals surface area contributed by atoms with Crippen LogP contribution in [0.5, 0.6) is 11.5 Å². The van der Waals surface area contributed by atoms with Gasteiger partial charge in [0.2, 0.25) is 10.0 Å². The number of sulfonamides is 1. The van der Waals surface area contributed by atoms with E-state index in [1.807, 2.05) is 0 Å². The molecule has 0 aliphatic carbocycles. The Labute approximate surface area is 135 Å². The maximum atomic E-state index is 12.7. The van der Waals surface area contributed by atoms with E-state index < -0.39 is 16.0 Å². The van der Waals surface area contributed by atoms with Crippen molar-refractivity contribution in [2.24, 2.45) is 0 Å². The molecule has 0 amide bonds. The van der Waals surface area contributed by atoms with Gasteiger partial charge in [-0.05, 0) is 12.1 Å². The van der Waals surface area contributed by atoms with Gasteiger partial charge in [0, 0.05) is 32.2 Å². The lowest BCUT2D eigenvalue weighted by molar-refractivity contribution is -0.138. The van der Waals surface area contributed by atoms with Gasteiger partial charge in [-0.25, -0.2) is 8.42 Å². The molecule has 1 fully saturated rings. The average Bonchev–Trinajstić information content (AvgIpc) is 2.54. The molecular weight excluding hydrogens is 324 g/mol. The first kappa shape index (κ1) is 17.5. The molecule has 1 aliphatic heterocycles. The van der Waals surface area contributed by atoms with Gasteiger partial charge < -0.3 is 14.6 Å². The second kappa shape index (κ2) is 7.16. The van der Waals surface area contributed by atoms with Crippen LogP contribution in [-0.2, 0) is 14.8 Å². The number of benzene rings is 1. The van der Waals surface area contributed by atoms with Gasteiger partial charge >= 0.3 is 5.97 Å². The van der Waals surface area contributed by atoms with Gasteiger partial charge in [-0.15, -0.1) is 0 Å². The predicted octanol–water partition coefficient (Wildman–Crippen LogP) is 0.0947. The summed E-state index contributed by atoms with van der Waals surface area (Å²) in [6.07, 6.45) is 0. The van der Waals surface area contributed by atoms with Gasteiger partial charge in [0.15, 0.2) is 11.5 Å². The Hall–Kier alpha value is -1.84. The Bertz CT molecular complexity index is 668. The second-order valence-electron chi connectivity index (χ2n) is 5.09. The first-order valence-corrected chi connectivity index (χ1v) is 8.49. The number of rotatable bonds is 6. The molecule has 0 spiro atoms. The lowest BCUT2D eigenvalue weighted by Crippen LogP contribution is -2.49. The number of hydrogen-bond acceptors (Lipinski definition) is 6. The molecule has 0 saturated carbocycles. The Balaban J connectivity index is 2.15. The minimum absolute atomic E-state index is 0.0791. The maximum Gasteiger partial charge on any atom is 0.317 e. The summed E-state index contributed by atoms with van der Waals surface area (Å²) in [5.41, 5.74) is 0. The molecule has 9 heteroatoms. The summed E-state index contributed by atoms with van der Waals surface area (Å²) >= 11 is 0. The topological polar surface area (TPSA) is 96.4 Å². The first-order chi connectivity index (χ1) is 10.9. The molecule has 1 aromatic rings. The van der Waals surface area contributed by atoms with Crippen molar-refractivity contribution in [2.75, 3.05) is 46.9 Å². The van der Waals surface area contributed by atoms with Crippen molar-refractivity contribution in [3.63, 3.8) is 0 Å². The third-order valence-corrected chi connectivity index (χ3v) is 5.58. The smallest absolute Gasteiger partial charge is 0.317 e. The van der Waals surface area contributed by atoms with Crippen LogP contribution in [0.2, 0.25) is 0 Å². The van der Waals surface area contributed by atoms with Crippen LogP contribution in [0.1, 0.15) is 0 Å². The summed E-state index contributed by atoms with van der Waals surface area (Å²) in [5, 5.41) is 8.78. The van der Waals surface area contributed by atoms with E-state index in [9.17, 15) is 13.2 Å². The van der Waals surface area contributed by atoms with Crippen molar-refractivity contribution in [1.82, 2.24) is 9.21 Å². The number of hydrogen-bond donors (Lipinski definition) is 1. The largest absolute Gasteiger partial charge is 0.493 e. The zero-order valence-electron chi connectivity index (χ0n) is 13.1. The maximum absolute atomic E-state index is 12.7. The van der Waals surface area contributed by atoms with Crippen LogP contribution in [0.3, 0.4) is 0 Å². The number of aliphatic carboxylic acids is 1. The summed E-state index contributed by atoms with van der Waals surface area (Å²) in [4.78, 5) is 12.5. The van der Waals surface area contributed by atoms with Gasteiger partial charge in [0.25, 0.3) is 0 Å². The van der Waals surface area contributed by atoms with Crippen LogP contribution in [0, 0.1) is 0 Å². The monoisotopic (exact) mass is 344 g/mol. The fourth-order valence-corrected chi connectivity index (χ4v) is 3.88. The summed E-state index contributed by atoms with van der Waals surface area (Å²) in [7, 11) is -0.725. The Morgan fingerprint density at radius 3 is 2.26 bits per heavy atom. The third kappa shape index (κ3) is 3.92. The number of ether oxygens (including phenoxy) is 2. The van der Waals surface area contributed by atoms with E-state index in [2.05, 4.69) is 0 Å². The summed E-state index contributed by atoms with van der Waals surface area (Å²) in [5.74, 6) is -0.114.